The molecule has 0 radical (unpaired) electrons. The molecule has 0 saturated carbocycles. The summed E-state index contributed by atoms with van der Waals surface area (Å²) in [5.74, 6) is -1.41. The minimum Gasteiger partial charge on any atom is -0.366 e. The van der Waals surface area contributed by atoms with Crippen molar-refractivity contribution in [2.24, 2.45) is 0 Å². The van der Waals surface area contributed by atoms with Crippen LogP contribution in [0.5, 0.6) is 0 Å². The summed E-state index contributed by atoms with van der Waals surface area (Å²) in [6.07, 6.45) is 4.55. The Labute approximate surface area is 207 Å². The molecule has 1 aliphatic rings. The SMILES string of the molecule is CCCCCn1nc(C(=O)NNC(=O)c2ccc(N3CCCC3)c([N+](=O)[O-])c2)c2ccccc2c1=O. The summed E-state index contributed by atoms with van der Waals surface area (Å²) in [6.45, 7) is 3.87. The summed E-state index contributed by atoms with van der Waals surface area (Å²) in [5.41, 5.74) is 4.68. The van der Waals surface area contributed by atoms with Crippen LogP contribution in [0.3, 0.4) is 0 Å². The van der Waals surface area contributed by atoms with Crippen molar-refractivity contribution in [3.8, 4) is 0 Å². The Balaban J connectivity index is 1.54. The molecule has 1 aromatic heterocycles. The van der Waals surface area contributed by atoms with Crippen molar-refractivity contribution in [2.75, 3.05) is 18.0 Å². The summed E-state index contributed by atoms with van der Waals surface area (Å²) >= 11 is 0. The molecule has 2 heterocycles. The van der Waals surface area contributed by atoms with Crippen molar-refractivity contribution >= 4 is 34.0 Å². The van der Waals surface area contributed by atoms with E-state index in [1.54, 1.807) is 30.3 Å². The van der Waals surface area contributed by atoms with Crippen LogP contribution < -0.4 is 21.3 Å². The molecule has 11 nitrogen and oxygen atoms in total. The molecule has 0 aliphatic carbocycles. The third-order valence-corrected chi connectivity index (χ3v) is 6.23. The number of nitrogens with one attached hydrogen (secondary N) is 2. The molecule has 36 heavy (non-hydrogen) atoms. The maximum atomic E-state index is 13.0. The fourth-order valence-corrected chi connectivity index (χ4v) is 4.35. The summed E-state index contributed by atoms with van der Waals surface area (Å²) in [4.78, 5) is 51.5. The lowest BCUT2D eigenvalue weighted by Crippen LogP contribution is -2.42. The third kappa shape index (κ3) is 5.19. The number of aryl methyl sites for hydroxylation is 1. The molecule has 2 amide bonds. The summed E-state index contributed by atoms with van der Waals surface area (Å²) in [5, 5.41) is 16.6. The van der Waals surface area contributed by atoms with Gasteiger partial charge in [-0.1, -0.05) is 38.0 Å². The molecular formula is C25H28N6O5. The van der Waals surface area contributed by atoms with Crippen molar-refractivity contribution in [1.29, 1.82) is 0 Å². The van der Waals surface area contributed by atoms with Crippen LogP contribution in [0.15, 0.2) is 47.3 Å². The Kier molecular flexibility index (Phi) is 7.57. The van der Waals surface area contributed by atoms with Crippen LogP contribution in [0.4, 0.5) is 11.4 Å². The molecule has 3 aromatic rings. The number of carbonyl (C=O) groups is 2. The molecule has 0 bridgehead atoms. The zero-order chi connectivity index (χ0) is 25.7. The molecule has 1 aliphatic heterocycles. The number of nitro benzene ring substituents is 1. The second kappa shape index (κ2) is 11.0. The number of aromatic nitrogens is 2. The van der Waals surface area contributed by atoms with Gasteiger partial charge in [-0.2, -0.15) is 5.10 Å². The monoisotopic (exact) mass is 492 g/mol. The largest absolute Gasteiger partial charge is 0.366 e. The first-order valence-corrected chi connectivity index (χ1v) is 12.0. The fourth-order valence-electron chi connectivity index (χ4n) is 4.35. The number of nitro groups is 1. The van der Waals surface area contributed by atoms with Gasteiger partial charge < -0.3 is 4.90 Å². The van der Waals surface area contributed by atoms with E-state index in [9.17, 15) is 24.5 Å². The first-order valence-electron chi connectivity index (χ1n) is 12.0. The standard InChI is InChI=1S/C25H28N6O5/c1-2-3-6-15-30-25(34)19-10-5-4-9-18(19)22(28-30)24(33)27-26-23(32)17-11-12-20(21(16-17)31(35)36)29-13-7-8-14-29/h4-5,9-12,16H,2-3,6-8,13-15H2,1H3,(H,26,32)(H,27,33). The van der Waals surface area contributed by atoms with Gasteiger partial charge in [-0.15, -0.1) is 0 Å². The zero-order valence-electron chi connectivity index (χ0n) is 20.0. The molecule has 0 spiro atoms. The lowest BCUT2D eigenvalue weighted by molar-refractivity contribution is -0.384. The number of hydrogen-bond acceptors (Lipinski definition) is 7. The fraction of sp³-hybridized carbons (Fsp3) is 0.360. The first kappa shape index (κ1) is 24.8. The maximum Gasteiger partial charge on any atom is 0.293 e. The van der Waals surface area contributed by atoms with E-state index in [4.69, 9.17) is 0 Å². The normalized spacial score (nSPS) is 13.1. The van der Waals surface area contributed by atoms with Crippen LogP contribution >= 0.6 is 0 Å². The zero-order valence-corrected chi connectivity index (χ0v) is 20.0. The van der Waals surface area contributed by atoms with Gasteiger partial charge in [-0.05, 0) is 37.5 Å². The van der Waals surface area contributed by atoms with Crippen LogP contribution in [-0.4, -0.2) is 39.6 Å². The lowest BCUT2D eigenvalue weighted by Gasteiger charge is -2.18. The van der Waals surface area contributed by atoms with Crippen LogP contribution in [0.2, 0.25) is 0 Å². The summed E-state index contributed by atoms with van der Waals surface area (Å²) in [7, 11) is 0. The molecule has 2 N–H and O–H groups in total. The third-order valence-electron chi connectivity index (χ3n) is 6.23. The molecule has 1 saturated heterocycles. The van der Waals surface area contributed by atoms with Gasteiger partial charge in [-0.3, -0.25) is 35.3 Å². The number of carbonyl (C=O) groups excluding carboxylic acids is 2. The van der Waals surface area contributed by atoms with Crippen LogP contribution in [-0.2, 0) is 6.54 Å². The Morgan fingerprint density at radius 3 is 2.42 bits per heavy atom. The van der Waals surface area contributed by atoms with Crippen molar-refractivity contribution in [1.82, 2.24) is 20.6 Å². The van der Waals surface area contributed by atoms with Gasteiger partial charge in [-0.25, -0.2) is 4.68 Å². The second-order valence-corrected chi connectivity index (χ2v) is 8.69. The number of unbranched alkanes of at least 4 members (excludes halogenated alkanes) is 2. The van der Waals surface area contributed by atoms with Crippen molar-refractivity contribution in [2.45, 2.75) is 45.6 Å². The molecule has 2 aromatic carbocycles. The quantitative estimate of drug-likeness (QED) is 0.280. The smallest absolute Gasteiger partial charge is 0.293 e. The van der Waals surface area contributed by atoms with Crippen LogP contribution in [0, 0.1) is 10.1 Å². The van der Waals surface area contributed by atoms with Crippen molar-refractivity contribution in [3.63, 3.8) is 0 Å². The van der Waals surface area contributed by atoms with Crippen molar-refractivity contribution in [3.05, 3.63) is 74.2 Å². The molecule has 11 heteroatoms. The van der Waals surface area contributed by atoms with Crippen molar-refractivity contribution < 1.29 is 14.5 Å². The highest BCUT2D eigenvalue weighted by Gasteiger charge is 2.24. The number of benzene rings is 2. The lowest BCUT2D eigenvalue weighted by atomic mass is 10.1. The Morgan fingerprint density at radius 1 is 1.03 bits per heavy atom. The van der Waals surface area contributed by atoms with Crippen LogP contribution in [0.25, 0.3) is 10.8 Å². The summed E-state index contributed by atoms with van der Waals surface area (Å²) < 4.78 is 1.27. The predicted molar refractivity (Wildman–Crippen MR) is 135 cm³/mol. The minimum atomic E-state index is -0.708. The van der Waals surface area contributed by atoms with Gasteiger partial charge in [0.05, 0.1) is 10.3 Å². The van der Waals surface area contributed by atoms with E-state index in [0.717, 1.165) is 45.2 Å². The van der Waals surface area contributed by atoms with E-state index in [1.165, 1.54) is 16.8 Å². The molecular weight excluding hydrogens is 464 g/mol. The van der Waals surface area contributed by atoms with E-state index in [2.05, 4.69) is 16.0 Å². The number of rotatable bonds is 8. The Morgan fingerprint density at radius 2 is 1.72 bits per heavy atom. The van der Waals surface area contributed by atoms with Gasteiger partial charge in [0.1, 0.15) is 5.69 Å². The molecule has 4 rings (SSSR count). The average Bonchev–Trinajstić information content (AvgIpc) is 3.43. The molecule has 0 atom stereocenters. The van der Waals surface area contributed by atoms with E-state index in [0.29, 0.717) is 23.0 Å². The van der Waals surface area contributed by atoms with E-state index < -0.39 is 16.7 Å². The van der Waals surface area contributed by atoms with Gasteiger partial charge >= 0.3 is 0 Å². The number of hydrazine groups is 1. The van der Waals surface area contributed by atoms with E-state index >= 15 is 0 Å². The number of nitrogens with zero attached hydrogens (tertiary/aromatic N) is 4. The Hall–Kier alpha value is -4.28. The highest BCUT2D eigenvalue weighted by molar-refractivity contribution is 6.06. The number of hydrogen-bond donors (Lipinski definition) is 2. The van der Waals surface area contributed by atoms with E-state index in [1.807, 2.05) is 11.8 Å². The average molecular weight is 493 g/mol. The minimum absolute atomic E-state index is 0.00244. The Bertz CT molecular complexity index is 1360. The summed E-state index contributed by atoms with van der Waals surface area (Å²) in [6, 6.07) is 10.9. The van der Waals surface area contributed by atoms with Gasteiger partial charge in [0.2, 0.25) is 0 Å². The molecule has 1 fully saturated rings. The molecule has 188 valence electrons. The van der Waals surface area contributed by atoms with E-state index in [-0.39, 0.29) is 22.5 Å². The molecule has 0 unspecified atom stereocenters. The second-order valence-electron chi connectivity index (χ2n) is 8.69. The first-order chi connectivity index (χ1) is 17.4. The number of anilines is 1. The maximum absolute atomic E-state index is 13.0. The van der Waals surface area contributed by atoms with Gasteiger partial charge in [0.25, 0.3) is 23.1 Å². The van der Waals surface area contributed by atoms with Gasteiger partial charge in [0.15, 0.2) is 5.69 Å². The highest BCUT2D eigenvalue weighted by atomic mass is 16.6. The predicted octanol–water partition coefficient (Wildman–Crippen LogP) is 3.17. The highest BCUT2D eigenvalue weighted by Crippen LogP contribution is 2.31. The topological polar surface area (TPSA) is 139 Å². The number of fused-ring (bicyclic) bond motifs is 1. The number of amides is 2. The van der Waals surface area contributed by atoms with Crippen LogP contribution in [0.1, 0.15) is 59.9 Å². The van der Waals surface area contributed by atoms with Gasteiger partial charge in [0, 0.05) is 36.7 Å².